The number of aromatic carboxylic acids is 1. The smallest absolute Gasteiger partial charge is 0.337 e. The molecule has 0 aromatic heterocycles. The van der Waals surface area contributed by atoms with E-state index in [1.807, 2.05) is 12.1 Å². The largest absolute Gasteiger partial charge is 0.478 e. The minimum absolute atomic E-state index is 0.336. The van der Waals surface area contributed by atoms with Crippen molar-refractivity contribution >= 4 is 11.7 Å². The summed E-state index contributed by atoms with van der Waals surface area (Å²) in [6.45, 7) is 8.82. The van der Waals surface area contributed by atoms with Gasteiger partial charge in [0.1, 0.15) is 0 Å². The first-order valence-electron chi connectivity index (χ1n) is 7.47. The topological polar surface area (TPSA) is 40.5 Å². The molecule has 3 heteroatoms. The van der Waals surface area contributed by atoms with Gasteiger partial charge in [-0.3, -0.25) is 0 Å². The van der Waals surface area contributed by atoms with Crippen molar-refractivity contribution in [3.8, 4) is 0 Å². The minimum Gasteiger partial charge on any atom is -0.478 e. The van der Waals surface area contributed by atoms with Gasteiger partial charge in [0, 0.05) is 13.1 Å². The zero-order valence-corrected chi connectivity index (χ0v) is 12.7. The van der Waals surface area contributed by atoms with Gasteiger partial charge in [-0.2, -0.15) is 0 Å². The number of nitrogens with zero attached hydrogens (tertiary/aromatic N) is 1. The summed E-state index contributed by atoms with van der Waals surface area (Å²) in [5.41, 5.74) is 1.62. The van der Waals surface area contributed by atoms with Crippen molar-refractivity contribution in [1.82, 2.24) is 0 Å². The van der Waals surface area contributed by atoms with E-state index in [0.717, 1.165) is 31.6 Å². The van der Waals surface area contributed by atoms with Gasteiger partial charge in [0.2, 0.25) is 0 Å². The van der Waals surface area contributed by atoms with E-state index in [0.29, 0.717) is 16.9 Å². The first-order valence-corrected chi connectivity index (χ1v) is 7.47. The lowest BCUT2D eigenvalue weighted by atomic mass is 9.77. The molecule has 1 heterocycles. The standard InChI is InChI=1S/C17H25NO2/c1-17(2,3)13-7-6-11-18(12-10-13)15-9-5-4-8-14(15)16(19)20/h4-5,8-9,13H,6-7,10-12H2,1-3H3,(H,19,20). The molecule has 3 nitrogen and oxygen atoms in total. The van der Waals surface area contributed by atoms with Gasteiger partial charge in [0.25, 0.3) is 0 Å². The third-order valence-electron chi connectivity index (χ3n) is 4.43. The highest BCUT2D eigenvalue weighted by molar-refractivity contribution is 5.94. The Hall–Kier alpha value is -1.51. The first kappa shape index (κ1) is 14.9. The molecular weight excluding hydrogens is 250 g/mol. The molecule has 0 spiro atoms. The fourth-order valence-electron chi connectivity index (χ4n) is 3.13. The molecule has 0 aliphatic carbocycles. The van der Waals surface area contributed by atoms with E-state index < -0.39 is 5.97 Å². The number of carboxylic acids is 1. The summed E-state index contributed by atoms with van der Waals surface area (Å²) in [4.78, 5) is 13.6. The molecule has 2 rings (SSSR count). The zero-order valence-electron chi connectivity index (χ0n) is 12.7. The lowest BCUT2D eigenvalue weighted by Crippen LogP contribution is -2.27. The molecule has 1 atom stereocenters. The van der Waals surface area contributed by atoms with Crippen LogP contribution in [0.5, 0.6) is 0 Å². The summed E-state index contributed by atoms with van der Waals surface area (Å²) >= 11 is 0. The lowest BCUT2D eigenvalue weighted by molar-refractivity contribution is 0.0697. The predicted octanol–water partition coefficient (Wildman–Crippen LogP) is 4.04. The molecule has 1 unspecified atom stereocenters. The number of para-hydroxylation sites is 1. The molecule has 0 saturated carbocycles. The maximum Gasteiger partial charge on any atom is 0.337 e. The molecule has 20 heavy (non-hydrogen) atoms. The molecule has 1 aliphatic rings. The molecule has 1 aromatic rings. The Bertz CT molecular complexity index is 476. The molecule has 1 aromatic carbocycles. The van der Waals surface area contributed by atoms with Crippen LogP contribution in [0.1, 0.15) is 50.4 Å². The van der Waals surface area contributed by atoms with E-state index >= 15 is 0 Å². The van der Waals surface area contributed by atoms with Crippen LogP contribution in [-0.2, 0) is 0 Å². The highest BCUT2D eigenvalue weighted by Gasteiger charge is 2.28. The second kappa shape index (κ2) is 5.86. The van der Waals surface area contributed by atoms with Gasteiger partial charge in [-0.1, -0.05) is 32.9 Å². The van der Waals surface area contributed by atoms with Crippen LogP contribution in [0.15, 0.2) is 24.3 Å². The van der Waals surface area contributed by atoms with E-state index in [1.54, 1.807) is 12.1 Å². The average molecular weight is 275 g/mol. The van der Waals surface area contributed by atoms with Crippen molar-refractivity contribution in [2.75, 3.05) is 18.0 Å². The summed E-state index contributed by atoms with van der Waals surface area (Å²) in [5, 5.41) is 9.32. The normalized spacial score (nSPS) is 20.6. The van der Waals surface area contributed by atoms with E-state index in [4.69, 9.17) is 0 Å². The highest BCUT2D eigenvalue weighted by Crippen LogP contribution is 2.35. The third-order valence-corrected chi connectivity index (χ3v) is 4.43. The van der Waals surface area contributed by atoms with Crippen molar-refractivity contribution in [3.05, 3.63) is 29.8 Å². The van der Waals surface area contributed by atoms with Crippen LogP contribution >= 0.6 is 0 Å². The van der Waals surface area contributed by atoms with Gasteiger partial charge >= 0.3 is 5.97 Å². The lowest BCUT2D eigenvalue weighted by Gasteiger charge is -2.30. The van der Waals surface area contributed by atoms with Crippen LogP contribution in [0.25, 0.3) is 0 Å². The molecule has 0 amide bonds. The van der Waals surface area contributed by atoms with Crippen LogP contribution in [-0.4, -0.2) is 24.2 Å². The second-order valence-electron chi connectivity index (χ2n) is 6.80. The fraction of sp³-hybridized carbons (Fsp3) is 0.588. The maximum absolute atomic E-state index is 11.3. The Morgan fingerprint density at radius 1 is 1.20 bits per heavy atom. The molecule has 1 saturated heterocycles. The molecule has 1 N–H and O–H groups in total. The minimum atomic E-state index is -0.836. The van der Waals surface area contributed by atoms with Crippen molar-refractivity contribution < 1.29 is 9.90 Å². The number of carbonyl (C=O) groups is 1. The number of anilines is 1. The molecular formula is C17H25NO2. The van der Waals surface area contributed by atoms with Gasteiger partial charge < -0.3 is 10.0 Å². The maximum atomic E-state index is 11.3. The molecule has 1 fully saturated rings. The molecule has 0 bridgehead atoms. The van der Waals surface area contributed by atoms with Gasteiger partial charge in [-0.25, -0.2) is 4.79 Å². The van der Waals surface area contributed by atoms with Crippen molar-refractivity contribution in [2.45, 2.75) is 40.0 Å². The zero-order chi connectivity index (χ0) is 14.8. The summed E-state index contributed by atoms with van der Waals surface area (Å²) in [6.07, 6.45) is 3.50. The second-order valence-corrected chi connectivity index (χ2v) is 6.80. The summed E-state index contributed by atoms with van der Waals surface area (Å²) < 4.78 is 0. The number of hydrogen-bond donors (Lipinski definition) is 1. The van der Waals surface area contributed by atoms with Crippen LogP contribution in [0.3, 0.4) is 0 Å². The quantitative estimate of drug-likeness (QED) is 0.885. The van der Waals surface area contributed by atoms with Crippen LogP contribution in [0, 0.1) is 11.3 Å². The number of rotatable bonds is 2. The highest BCUT2D eigenvalue weighted by atomic mass is 16.4. The number of benzene rings is 1. The Morgan fingerprint density at radius 2 is 1.90 bits per heavy atom. The van der Waals surface area contributed by atoms with Gasteiger partial charge in [0.15, 0.2) is 0 Å². The van der Waals surface area contributed by atoms with Crippen LogP contribution in [0.2, 0.25) is 0 Å². The molecule has 110 valence electrons. The number of hydrogen-bond acceptors (Lipinski definition) is 2. The van der Waals surface area contributed by atoms with Crippen molar-refractivity contribution in [3.63, 3.8) is 0 Å². The van der Waals surface area contributed by atoms with Gasteiger partial charge in [0.05, 0.1) is 11.3 Å². The summed E-state index contributed by atoms with van der Waals surface area (Å²) in [5.74, 6) is -0.123. The fourth-order valence-corrected chi connectivity index (χ4v) is 3.13. The van der Waals surface area contributed by atoms with Crippen LogP contribution in [0.4, 0.5) is 5.69 Å². The van der Waals surface area contributed by atoms with Crippen molar-refractivity contribution in [1.29, 1.82) is 0 Å². The number of carboxylic acid groups (broad SMARTS) is 1. The summed E-state index contributed by atoms with van der Waals surface area (Å²) in [6, 6.07) is 7.35. The Labute approximate surface area is 121 Å². The first-order chi connectivity index (χ1) is 9.39. The van der Waals surface area contributed by atoms with E-state index in [1.165, 1.54) is 6.42 Å². The van der Waals surface area contributed by atoms with Gasteiger partial charge in [-0.15, -0.1) is 0 Å². The van der Waals surface area contributed by atoms with E-state index in [9.17, 15) is 9.90 Å². The summed E-state index contributed by atoms with van der Waals surface area (Å²) in [7, 11) is 0. The monoisotopic (exact) mass is 275 g/mol. The Balaban J connectivity index is 2.17. The third kappa shape index (κ3) is 3.33. The molecule has 0 radical (unpaired) electrons. The SMILES string of the molecule is CC(C)(C)C1CCCN(c2ccccc2C(=O)O)CC1. The Kier molecular flexibility index (Phi) is 4.36. The van der Waals surface area contributed by atoms with Crippen molar-refractivity contribution in [2.24, 2.45) is 11.3 Å². The predicted molar refractivity (Wildman–Crippen MR) is 82.4 cm³/mol. The van der Waals surface area contributed by atoms with E-state index in [2.05, 4.69) is 25.7 Å². The van der Waals surface area contributed by atoms with Gasteiger partial charge in [-0.05, 0) is 42.7 Å². The Morgan fingerprint density at radius 3 is 2.55 bits per heavy atom. The van der Waals surface area contributed by atoms with Crippen LogP contribution < -0.4 is 4.90 Å². The van der Waals surface area contributed by atoms with E-state index in [-0.39, 0.29) is 0 Å². The molecule has 1 aliphatic heterocycles. The average Bonchev–Trinajstić information content (AvgIpc) is 2.63.